The van der Waals surface area contributed by atoms with Gasteiger partial charge in [0.05, 0.1) is 12.8 Å². The molecule has 0 bridgehead atoms. The van der Waals surface area contributed by atoms with Crippen LogP contribution in [-0.2, 0) is 9.59 Å². The van der Waals surface area contributed by atoms with Gasteiger partial charge >= 0.3 is 11.8 Å². The predicted octanol–water partition coefficient (Wildman–Crippen LogP) is 2.71. The molecule has 0 radical (unpaired) electrons. The number of nitrogens with zero attached hydrogens (tertiary/aromatic N) is 1. The van der Waals surface area contributed by atoms with Crippen molar-refractivity contribution in [2.45, 2.75) is 39.5 Å². The van der Waals surface area contributed by atoms with Crippen LogP contribution in [0.1, 0.15) is 39.5 Å². The third-order valence-electron chi connectivity index (χ3n) is 2.95. The fraction of sp³-hybridized carbons (Fsp3) is 0.438. The Morgan fingerprint density at radius 3 is 2.32 bits per heavy atom. The molecule has 0 heterocycles. The maximum atomic E-state index is 11.9. The fourth-order valence-corrected chi connectivity index (χ4v) is 1.92. The standard InChI is InChI=1S/C16H23N3O3/c1-4-8-12(9-5-2)18-19-16(21)15(20)17-13-10-6-7-11-14(13)22-3/h6-7,10-11H,4-5,8-9H2,1-3H3,(H,17,20)(H,19,21). The van der Waals surface area contributed by atoms with E-state index in [-0.39, 0.29) is 0 Å². The zero-order valence-electron chi connectivity index (χ0n) is 13.3. The molecule has 0 aliphatic rings. The molecule has 6 heteroatoms. The van der Waals surface area contributed by atoms with Gasteiger partial charge < -0.3 is 10.1 Å². The van der Waals surface area contributed by atoms with Crippen molar-refractivity contribution in [2.24, 2.45) is 5.10 Å². The Morgan fingerprint density at radius 1 is 1.09 bits per heavy atom. The molecule has 0 aromatic heterocycles. The van der Waals surface area contributed by atoms with Crippen molar-refractivity contribution < 1.29 is 14.3 Å². The van der Waals surface area contributed by atoms with Gasteiger partial charge in [-0.15, -0.1) is 0 Å². The molecule has 0 saturated carbocycles. The molecule has 1 aromatic rings. The largest absolute Gasteiger partial charge is 0.495 e. The lowest BCUT2D eigenvalue weighted by molar-refractivity contribution is -0.136. The van der Waals surface area contributed by atoms with Gasteiger partial charge in [-0.1, -0.05) is 38.8 Å². The first kappa shape index (κ1) is 17.7. The molecule has 0 atom stereocenters. The number of amides is 2. The molecule has 0 aliphatic heterocycles. The first-order valence-electron chi connectivity index (χ1n) is 7.42. The Balaban J connectivity index is 2.65. The van der Waals surface area contributed by atoms with Crippen molar-refractivity contribution in [3.8, 4) is 5.75 Å². The molecular formula is C16H23N3O3. The van der Waals surface area contributed by atoms with E-state index in [1.54, 1.807) is 24.3 Å². The zero-order valence-corrected chi connectivity index (χ0v) is 13.3. The van der Waals surface area contributed by atoms with Crippen LogP contribution in [0.25, 0.3) is 0 Å². The molecule has 1 rings (SSSR count). The van der Waals surface area contributed by atoms with Crippen LogP contribution in [0.4, 0.5) is 5.69 Å². The van der Waals surface area contributed by atoms with Gasteiger partial charge in [-0.05, 0) is 25.0 Å². The molecule has 0 fully saturated rings. The lowest BCUT2D eigenvalue weighted by Gasteiger charge is -2.09. The summed E-state index contributed by atoms with van der Waals surface area (Å²) in [7, 11) is 1.50. The van der Waals surface area contributed by atoms with E-state index in [0.717, 1.165) is 31.4 Å². The predicted molar refractivity (Wildman–Crippen MR) is 87.0 cm³/mol. The Kier molecular flexibility index (Phi) is 7.67. The Hall–Kier alpha value is -2.37. The van der Waals surface area contributed by atoms with Crippen LogP contribution in [0, 0.1) is 0 Å². The lowest BCUT2D eigenvalue weighted by Crippen LogP contribution is -2.33. The monoisotopic (exact) mass is 305 g/mol. The Bertz CT molecular complexity index is 533. The second kappa shape index (κ2) is 9.55. The smallest absolute Gasteiger partial charge is 0.329 e. The van der Waals surface area contributed by atoms with Gasteiger partial charge in [-0.2, -0.15) is 5.10 Å². The van der Waals surface area contributed by atoms with Crippen LogP contribution in [0.5, 0.6) is 5.75 Å². The number of anilines is 1. The molecule has 6 nitrogen and oxygen atoms in total. The number of ether oxygens (including phenoxy) is 1. The summed E-state index contributed by atoms with van der Waals surface area (Å²) in [5, 5.41) is 6.54. The van der Waals surface area contributed by atoms with Crippen LogP contribution < -0.4 is 15.5 Å². The summed E-state index contributed by atoms with van der Waals surface area (Å²) >= 11 is 0. The van der Waals surface area contributed by atoms with Gasteiger partial charge in [0.1, 0.15) is 5.75 Å². The van der Waals surface area contributed by atoms with Gasteiger partial charge in [-0.25, -0.2) is 5.43 Å². The molecule has 0 aliphatic carbocycles. The van der Waals surface area contributed by atoms with Crippen LogP contribution in [0.3, 0.4) is 0 Å². The highest BCUT2D eigenvalue weighted by atomic mass is 16.5. The minimum absolute atomic E-state index is 0.441. The van der Waals surface area contributed by atoms with Crippen LogP contribution in [-0.4, -0.2) is 24.6 Å². The average molecular weight is 305 g/mol. The Morgan fingerprint density at radius 2 is 1.73 bits per heavy atom. The van der Waals surface area contributed by atoms with Crippen molar-refractivity contribution in [1.82, 2.24) is 5.43 Å². The van der Waals surface area contributed by atoms with Crippen molar-refractivity contribution in [2.75, 3.05) is 12.4 Å². The minimum atomic E-state index is -0.796. The number of hydrogen-bond donors (Lipinski definition) is 2. The number of carbonyl (C=O) groups is 2. The second-order valence-electron chi connectivity index (χ2n) is 4.77. The van der Waals surface area contributed by atoms with E-state index < -0.39 is 11.8 Å². The number of carbonyl (C=O) groups excluding carboxylic acids is 2. The van der Waals surface area contributed by atoms with E-state index >= 15 is 0 Å². The van der Waals surface area contributed by atoms with Crippen LogP contribution >= 0.6 is 0 Å². The lowest BCUT2D eigenvalue weighted by atomic mass is 10.1. The molecule has 2 N–H and O–H groups in total. The van der Waals surface area contributed by atoms with E-state index in [1.165, 1.54) is 7.11 Å². The summed E-state index contributed by atoms with van der Waals surface area (Å²) in [4.78, 5) is 23.6. The highest BCUT2D eigenvalue weighted by molar-refractivity contribution is 6.39. The van der Waals surface area contributed by atoms with Crippen molar-refractivity contribution in [3.05, 3.63) is 24.3 Å². The summed E-state index contributed by atoms with van der Waals surface area (Å²) in [6.45, 7) is 4.09. The molecule has 0 saturated heterocycles. The number of benzene rings is 1. The van der Waals surface area contributed by atoms with Gasteiger partial charge in [-0.3, -0.25) is 9.59 Å². The van der Waals surface area contributed by atoms with Crippen molar-refractivity contribution in [1.29, 1.82) is 0 Å². The number of methoxy groups -OCH3 is 1. The van der Waals surface area contributed by atoms with Gasteiger partial charge in [0.2, 0.25) is 0 Å². The minimum Gasteiger partial charge on any atom is -0.495 e. The number of para-hydroxylation sites is 2. The SMILES string of the molecule is CCCC(CCC)=NNC(=O)C(=O)Nc1ccccc1OC. The van der Waals surface area contributed by atoms with Gasteiger partial charge in [0.15, 0.2) is 0 Å². The van der Waals surface area contributed by atoms with Crippen LogP contribution in [0.2, 0.25) is 0 Å². The van der Waals surface area contributed by atoms with Gasteiger partial charge in [0.25, 0.3) is 0 Å². The maximum Gasteiger partial charge on any atom is 0.329 e. The summed E-state index contributed by atoms with van der Waals surface area (Å²) in [5.41, 5.74) is 3.64. The highest BCUT2D eigenvalue weighted by Crippen LogP contribution is 2.22. The number of nitrogens with one attached hydrogen (secondary N) is 2. The fourth-order valence-electron chi connectivity index (χ4n) is 1.92. The second-order valence-corrected chi connectivity index (χ2v) is 4.77. The first-order valence-corrected chi connectivity index (χ1v) is 7.42. The summed E-state index contributed by atoms with van der Waals surface area (Å²) in [6, 6.07) is 6.88. The molecular weight excluding hydrogens is 282 g/mol. The molecule has 2 amide bonds. The number of hydrogen-bond acceptors (Lipinski definition) is 4. The molecule has 120 valence electrons. The summed E-state index contributed by atoms with van der Waals surface area (Å²) in [5.74, 6) is -1.08. The quantitative estimate of drug-likeness (QED) is 0.462. The first-order chi connectivity index (χ1) is 10.6. The zero-order chi connectivity index (χ0) is 16.4. The van der Waals surface area contributed by atoms with E-state index in [9.17, 15) is 9.59 Å². The van der Waals surface area contributed by atoms with Crippen molar-refractivity contribution >= 4 is 23.2 Å². The molecule has 1 aromatic carbocycles. The molecule has 22 heavy (non-hydrogen) atoms. The normalized spacial score (nSPS) is 9.77. The highest BCUT2D eigenvalue weighted by Gasteiger charge is 2.15. The van der Waals surface area contributed by atoms with E-state index in [1.807, 2.05) is 13.8 Å². The van der Waals surface area contributed by atoms with E-state index in [4.69, 9.17) is 4.74 Å². The van der Waals surface area contributed by atoms with Crippen molar-refractivity contribution in [3.63, 3.8) is 0 Å². The van der Waals surface area contributed by atoms with Crippen LogP contribution in [0.15, 0.2) is 29.4 Å². The third-order valence-corrected chi connectivity index (χ3v) is 2.95. The maximum absolute atomic E-state index is 11.9. The Labute approximate surface area is 130 Å². The van der Waals surface area contributed by atoms with E-state index in [2.05, 4.69) is 15.8 Å². The molecule has 0 unspecified atom stereocenters. The molecule has 0 spiro atoms. The summed E-state index contributed by atoms with van der Waals surface area (Å²) in [6.07, 6.45) is 3.51. The third kappa shape index (κ3) is 5.55. The average Bonchev–Trinajstić information content (AvgIpc) is 2.53. The summed E-state index contributed by atoms with van der Waals surface area (Å²) < 4.78 is 5.11. The topological polar surface area (TPSA) is 79.8 Å². The number of rotatable bonds is 7. The van der Waals surface area contributed by atoms with Gasteiger partial charge in [0, 0.05) is 5.71 Å². The number of hydrazone groups is 1. The van der Waals surface area contributed by atoms with E-state index in [0.29, 0.717) is 11.4 Å².